The molecule has 6 nitrogen and oxygen atoms in total. The van der Waals surface area contributed by atoms with Gasteiger partial charge in [0, 0.05) is 0 Å². The molecule has 1 amide bonds. The van der Waals surface area contributed by atoms with E-state index in [0.29, 0.717) is 0 Å². The molecule has 0 heterocycles. The van der Waals surface area contributed by atoms with Crippen molar-refractivity contribution in [2.45, 2.75) is 19.2 Å². The molecule has 0 aliphatic rings. The number of carbonyl (C=O) groups excluding carboxylic acids is 2. The fourth-order valence-electron chi connectivity index (χ4n) is 0.622. The predicted molar refractivity (Wildman–Crippen MR) is 54.9 cm³/mol. The van der Waals surface area contributed by atoms with Gasteiger partial charge in [0.1, 0.15) is 0 Å². The highest BCUT2D eigenvalue weighted by molar-refractivity contribution is 6.41. The third-order valence-corrected chi connectivity index (χ3v) is 1.86. The highest BCUT2D eigenvalue weighted by Gasteiger charge is 2.20. The van der Waals surface area contributed by atoms with Crippen LogP contribution in [-0.2, 0) is 14.3 Å². The molecule has 0 aromatic rings. The van der Waals surface area contributed by atoms with Gasteiger partial charge in [0.15, 0.2) is 5.38 Å². The van der Waals surface area contributed by atoms with Crippen LogP contribution in [0.1, 0.15) is 13.8 Å². The molecular formula is C8H13ClN2O4. The molecule has 1 unspecified atom stereocenters. The number of esters is 1. The lowest BCUT2D eigenvalue weighted by Gasteiger charge is -2.07. The second kappa shape index (κ2) is 7.05. The molecule has 0 aromatic carbocycles. The van der Waals surface area contributed by atoms with Crippen molar-refractivity contribution in [1.82, 2.24) is 5.43 Å². The molecule has 0 bridgehead atoms. The molecule has 0 saturated heterocycles. The number of methoxy groups -OCH3 is 1. The summed E-state index contributed by atoms with van der Waals surface area (Å²) in [4.78, 5) is 21.8. The van der Waals surface area contributed by atoms with Crippen LogP contribution in [0.3, 0.4) is 0 Å². The van der Waals surface area contributed by atoms with Crippen molar-refractivity contribution in [3.63, 3.8) is 0 Å². The third kappa shape index (κ3) is 5.21. The fourth-order valence-corrected chi connectivity index (χ4v) is 0.734. The maximum absolute atomic E-state index is 11.1. The van der Waals surface area contributed by atoms with E-state index in [1.54, 1.807) is 6.92 Å². The zero-order valence-electron chi connectivity index (χ0n) is 8.74. The Bertz CT molecular complexity index is 267. The minimum absolute atomic E-state index is 0.223. The SMILES string of the molecule is CCOC(=O)C(Cl)/C(C)=N/NC(=O)OC. The first kappa shape index (κ1) is 13.7. The normalized spacial score (nSPS) is 12.9. The smallest absolute Gasteiger partial charge is 0.427 e. The lowest BCUT2D eigenvalue weighted by molar-refractivity contribution is -0.141. The molecular weight excluding hydrogens is 224 g/mol. The topological polar surface area (TPSA) is 77.0 Å². The fraction of sp³-hybridized carbons (Fsp3) is 0.625. The molecule has 0 saturated carbocycles. The van der Waals surface area contributed by atoms with Gasteiger partial charge in [-0.1, -0.05) is 0 Å². The largest absolute Gasteiger partial charge is 0.465 e. The van der Waals surface area contributed by atoms with Crippen molar-refractivity contribution in [2.75, 3.05) is 13.7 Å². The molecule has 1 atom stereocenters. The molecule has 0 aliphatic carbocycles. The second-order valence-electron chi connectivity index (χ2n) is 2.47. The maximum atomic E-state index is 11.1. The van der Waals surface area contributed by atoms with Gasteiger partial charge in [-0.25, -0.2) is 10.2 Å². The van der Waals surface area contributed by atoms with E-state index in [1.807, 2.05) is 5.43 Å². The van der Waals surface area contributed by atoms with Crippen molar-refractivity contribution >= 4 is 29.4 Å². The number of hydrazone groups is 1. The first-order valence-electron chi connectivity index (χ1n) is 4.21. The van der Waals surface area contributed by atoms with Crippen LogP contribution in [0.5, 0.6) is 0 Å². The second-order valence-corrected chi connectivity index (χ2v) is 2.91. The molecule has 0 aromatic heterocycles. The van der Waals surface area contributed by atoms with E-state index in [0.717, 1.165) is 0 Å². The number of hydrogen-bond acceptors (Lipinski definition) is 5. The summed E-state index contributed by atoms with van der Waals surface area (Å²) >= 11 is 5.69. The molecule has 7 heteroatoms. The van der Waals surface area contributed by atoms with Crippen LogP contribution in [0.4, 0.5) is 4.79 Å². The molecule has 86 valence electrons. The molecule has 0 fully saturated rings. The molecule has 0 spiro atoms. The average molecular weight is 237 g/mol. The quantitative estimate of drug-likeness (QED) is 0.340. The zero-order chi connectivity index (χ0) is 11.8. The summed E-state index contributed by atoms with van der Waals surface area (Å²) in [5.41, 5.74) is 2.27. The average Bonchev–Trinajstić information content (AvgIpc) is 2.24. The standard InChI is InChI=1S/C8H13ClN2O4/c1-4-15-7(12)6(9)5(2)10-11-8(13)14-3/h6H,4H2,1-3H3,(H,11,13)/b10-5+. The lowest BCUT2D eigenvalue weighted by atomic mass is 10.3. The Balaban J connectivity index is 4.23. The third-order valence-electron chi connectivity index (χ3n) is 1.37. The summed E-state index contributed by atoms with van der Waals surface area (Å²) in [6, 6.07) is 0. The number of carbonyl (C=O) groups is 2. The van der Waals surface area contributed by atoms with Crippen molar-refractivity contribution < 1.29 is 19.1 Å². The van der Waals surface area contributed by atoms with Gasteiger partial charge < -0.3 is 9.47 Å². The van der Waals surface area contributed by atoms with Crippen LogP contribution >= 0.6 is 11.6 Å². The van der Waals surface area contributed by atoms with E-state index in [-0.39, 0.29) is 12.3 Å². The van der Waals surface area contributed by atoms with E-state index in [4.69, 9.17) is 11.6 Å². The van der Waals surface area contributed by atoms with Crippen LogP contribution in [0.25, 0.3) is 0 Å². The number of ether oxygens (including phenoxy) is 2. The van der Waals surface area contributed by atoms with Crippen molar-refractivity contribution in [2.24, 2.45) is 5.10 Å². The Morgan fingerprint density at radius 1 is 1.53 bits per heavy atom. The number of halogens is 1. The van der Waals surface area contributed by atoms with Crippen molar-refractivity contribution in [3.05, 3.63) is 0 Å². The number of nitrogens with zero attached hydrogens (tertiary/aromatic N) is 1. The van der Waals surface area contributed by atoms with Gasteiger partial charge in [0.2, 0.25) is 0 Å². The van der Waals surface area contributed by atoms with Crippen LogP contribution < -0.4 is 5.43 Å². The highest BCUT2D eigenvalue weighted by atomic mass is 35.5. The van der Waals surface area contributed by atoms with Crippen molar-refractivity contribution in [3.8, 4) is 0 Å². The van der Waals surface area contributed by atoms with Gasteiger partial charge >= 0.3 is 12.1 Å². The Kier molecular flexibility index (Phi) is 6.44. The summed E-state index contributed by atoms with van der Waals surface area (Å²) < 4.78 is 8.93. The zero-order valence-corrected chi connectivity index (χ0v) is 9.50. The van der Waals surface area contributed by atoms with E-state index in [9.17, 15) is 9.59 Å². The van der Waals surface area contributed by atoms with E-state index < -0.39 is 17.4 Å². The summed E-state index contributed by atoms with van der Waals surface area (Å²) in [6.07, 6.45) is -0.734. The summed E-state index contributed by atoms with van der Waals surface area (Å²) in [5, 5.41) is 2.55. The first-order chi connectivity index (χ1) is 7.02. The Hall–Kier alpha value is -1.30. The number of rotatable bonds is 4. The maximum Gasteiger partial charge on any atom is 0.427 e. The highest BCUT2D eigenvalue weighted by Crippen LogP contribution is 2.01. The van der Waals surface area contributed by atoms with Crippen LogP contribution in [0, 0.1) is 0 Å². The minimum Gasteiger partial charge on any atom is -0.465 e. The van der Waals surface area contributed by atoms with Gasteiger partial charge in [0.25, 0.3) is 0 Å². The summed E-state index contributed by atoms with van der Waals surface area (Å²) in [7, 11) is 1.20. The number of hydrogen-bond donors (Lipinski definition) is 1. The van der Waals surface area contributed by atoms with Gasteiger partial charge in [-0.15, -0.1) is 11.6 Å². The Morgan fingerprint density at radius 2 is 2.13 bits per heavy atom. The van der Waals surface area contributed by atoms with Crippen LogP contribution in [-0.4, -0.2) is 36.9 Å². The molecule has 1 N–H and O–H groups in total. The van der Waals surface area contributed by atoms with Gasteiger partial charge in [0.05, 0.1) is 19.4 Å². The molecule has 0 rings (SSSR count). The van der Waals surface area contributed by atoms with Gasteiger partial charge in [-0.3, -0.25) is 4.79 Å². The molecule has 0 aliphatic heterocycles. The van der Waals surface area contributed by atoms with Gasteiger partial charge in [-0.05, 0) is 13.8 Å². The van der Waals surface area contributed by atoms with E-state index >= 15 is 0 Å². The Morgan fingerprint density at radius 3 is 2.60 bits per heavy atom. The summed E-state index contributed by atoms with van der Waals surface area (Å²) in [5.74, 6) is -0.605. The number of nitrogens with one attached hydrogen (secondary N) is 1. The van der Waals surface area contributed by atoms with E-state index in [1.165, 1.54) is 14.0 Å². The monoisotopic (exact) mass is 236 g/mol. The molecule has 15 heavy (non-hydrogen) atoms. The lowest BCUT2D eigenvalue weighted by Crippen LogP contribution is -2.28. The van der Waals surface area contributed by atoms with Crippen LogP contribution in [0.2, 0.25) is 0 Å². The predicted octanol–water partition coefficient (Wildman–Crippen LogP) is 0.889. The first-order valence-corrected chi connectivity index (χ1v) is 4.65. The van der Waals surface area contributed by atoms with Crippen molar-refractivity contribution in [1.29, 1.82) is 0 Å². The number of alkyl halides is 1. The Labute approximate surface area is 92.6 Å². The molecule has 0 radical (unpaired) electrons. The number of amides is 1. The summed E-state index contributed by atoms with van der Waals surface area (Å²) in [6.45, 7) is 3.39. The van der Waals surface area contributed by atoms with E-state index in [2.05, 4.69) is 14.6 Å². The van der Waals surface area contributed by atoms with Gasteiger partial charge in [-0.2, -0.15) is 5.10 Å². The minimum atomic E-state index is -1.01. The van der Waals surface area contributed by atoms with Crippen LogP contribution in [0.15, 0.2) is 5.10 Å².